The molecule has 1 aromatic rings. The van der Waals surface area contributed by atoms with Crippen molar-refractivity contribution in [3.63, 3.8) is 0 Å². The molecule has 0 fully saturated rings. The molecule has 1 aromatic carbocycles. The number of hydrogen-bond donors (Lipinski definition) is 2. The van der Waals surface area contributed by atoms with Gasteiger partial charge >= 0.3 is 0 Å². The van der Waals surface area contributed by atoms with E-state index in [1.807, 2.05) is 31.1 Å². The molecule has 0 radical (unpaired) electrons. The lowest BCUT2D eigenvalue weighted by Crippen LogP contribution is -2.10. The molecule has 0 saturated carbocycles. The maximum Gasteiger partial charge on any atom is 0.0802 e. The summed E-state index contributed by atoms with van der Waals surface area (Å²) in [7, 11) is 3.86. The lowest BCUT2D eigenvalue weighted by molar-refractivity contribution is 0.170. The number of benzene rings is 1. The average Bonchev–Trinajstić information content (AvgIpc) is 2.17. The third-order valence-corrected chi connectivity index (χ3v) is 2.58. The van der Waals surface area contributed by atoms with Gasteiger partial charge < -0.3 is 15.7 Å². The quantitative estimate of drug-likeness (QED) is 0.826. The summed E-state index contributed by atoms with van der Waals surface area (Å²) in [4.78, 5) is 1.93. The molecule has 0 aliphatic carbocycles. The molecule has 0 aromatic heterocycles. The van der Waals surface area contributed by atoms with Crippen LogP contribution in [-0.4, -0.2) is 25.7 Å². The van der Waals surface area contributed by atoms with Gasteiger partial charge in [-0.25, -0.2) is 0 Å². The summed E-state index contributed by atoms with van der Waals surface area (Å²) in [5.74, 6) is 0. The molecule has 0 saturated heterocycles. The summed E-state index contributed by atoms with van der Waals surface area (Å²) >= 11 is 6.08. The second-order valence-electron chi connectivity index (χ2n) is 3.70. The SMILES string of the molecule is CN(C)c1ccc(C(O)CCN)cc1Cl. The fourth-order valence-electron chi connectivity index (χ4n) is 1.42. The van der Waals surface area contributed by atoms with Gasteiger partial charge in [0, 0.05) is 14.1 Å². The van der Waals surface area contributed by atoms with E-state index in [-0.39, 0.29) is 0 Å². The van der Waals surface area contributed by atoms with E-state index in [2.05, 4.69) is 0 Å². The van der Waals surface area contributed by atoms with Crippen LogP contribution in [0, 0.1) is 0 Å². The number of nitrogens with two attached hydrogens (primary N) is 1. The van der Waals surface area contributed by atoms with Crippen molar-refractivity contribution < 1.29 is 5.11 Å². The van der Waals surface area contributed by atoms with E-state index in [0.29, 0.717) is 18.0 Å². The normalized spacial score (nSPS) is 12.6. The van der Waals surface area contributed by atoms with E-state index in [1.165, 1.54) is 0 Å². The van der Waals surface area contributed by atoms with E-state index in [9.17, 15) is 5.11 Å². The van der Waals surface area contributed by atoms with Gasteiger partial charge in [0.1, 0.15) is 0 Å². The Balaban J connectivity index is 2.91. The summed E-state index contributed by atoms with van der Waals surface area (Å²) in [5, 5.41) is 10.4. The summed E-state index contributed by atoms with van der Waals surface area (Å²) in [5.41, 5.74) is 7.14. The Morgan fingerprint density at radius 3 is 2.60 bits per heavy atom. The molecular weight excluding hydrogens is 212 g/mol. The summed E-state index contributed by atoms with van der Waals surface area (Å²) in [6.45, 7) is 0.466. The maximum absolute atomic E-state index is 9.72. The summed E-state index contributed by atoms with van der Waals surface area (Å²) in [6.07, 6.45) is 0.0289. The third-order valence-electron chi connectivity index (χ3n) is 2.28. The van der Waals surface area contributed by atoms with Gasteiger partial charge in [-0.3, -0.25) is 0 Å². The zero-order valence-corrected chi connectivity index (χ0v) is 9.83. The first-order chi connectivity index (χ1) is 7.06. The van der Waals surface area contributed by atoms with E-state index in [1.54, 1.807) is 6.07 Å². The Morgan fingerprint density at radius 1 is 1.47 bits per heavy atom. The molecule has 3 nitrogen and oxygen atoms in total. The Labute approximate surface area is 95.5 Å². The number of nitrogens with zero attached hydrogens (tertiary/aromatic N) is 1. The van der Waals surface area contributed by atoms with Gasteiger partial charge in [0.05, 0.1) is 16.8 Å². The maximum atomic E-state index is 9.72. The van der Waals surface area contributed by atoms with Crippen LogP contribution in [0.2, 0.25) is 5.02 Å². The van der Waals surface area contributed by atoms with Crippen molar-refractivity contribution >= 4 is 17.3 Å². The van der Waals surface area contributed by atoms with Crippen LogP contribution in [0.3, 0.4) is 0 Å². The standard InChI is InChI=1S/C11H17ClN2O/c1-14(2)10-4-3-8(7-9(10)12)11(15)5-6-13/h3-4,7,11,15H,5-6,13H2,1-2H3. The molecule has 4 heteroatoms. The molecule has 0 heterocycles. The van der Waals surface area contributed by atoms with Gasteiger partial charge in [-0.1, -0.05) is 17.7 Å². The van der Waals surface area contributed by atoms with E-state index in [4.69, 9.17) is 17.3 Å². The molecule has 3 N–H and O–H groups in total. The van der Waals surface area contributed by atoms with Crippen molar-refractivity contribution in [3.8, 4) is 0 Å². The lowest BCUT2D eigenvalue weighted by atomic mass is 10.1. The zero-order chi connectivity index (χ0) is 11.4. The molecule has 15 heavy (non-hydrogen) atoms. The first kappa shape index (κ1) is 12.3. The minimum Gasteiger partial charge on any atom is -0.388 e. The number of rotatable bonds is 4. The molecule has 0 amide bonds. The Kier molecular flexibility index (Phi) is 4.39. The van der Waals surface area contributed by atoms with Crippen molar-refractivity contribution in [3.05, 3.63) is 28.8 Å². The molecule has 1 rings (SSSR count). The number of halogens is 1. The van der Waals surface area contributed by atoms with Crippen LogP contribution in [0.5, 0.6) is 0 Å². The predicted octanol–water partition coefficient (Wildman–Crippen LogP) is 1.79. The van der Waals surface area contributed by atoms with Crippen molar-refractivity contribution in [2.75, 3.05) is 25.5 Å². The monoisotopic (exact) mass is 228 g/mol. The summed E-state index contributed by atoms with van der Waals surface area (Å²) < 4.78 is 0. The number of aliphatic hydroxyl groups excluding tert-OH is 1. The minimum atomic E-state index is -0.524. The van der Waals surface area contributed by atoms with E-state index in [0.717, 1.165) is 11.3 Å². The number of aliphatic hydroxyl groups is 1. The first-order valence-corrected chi connectivity index (χ1v) is 5.29. The Morgan fingerprint density at radius 2 is 2.13 bits per heavy atom. The number of anilines is 1. The van der Waals surface area contributed by atoms with Crippen molar-refractivity contribution in [2.24, 2.45) is 5.73 Å². The van der Waals surface area contributed by atoms with Crippen LogP contribution < -0.4 is 10.6 Å². The van der Waals surface area contributed by atoms with Gasteiger partial charge in [-0.2, -0.15) is 0 Å². The highest BCUT2D eigenvalue weighted by molar-refractivity contribution is 6.33. The van der Waals surface area contributed by atoms with Crippen molar-refractivity contribution in [1.82, 2.24) is 0 Å². The van der Waals surface area contributed by atoms with Gasteiger partial charge in [0.2, 0.25) is 0 Å². The van der Waals surface area contributed by atoms with E-state index >= 15 is 0 Å². The van der Waals surface area contributed by atoms with Crippen LogP contribution in [-0.2, 0) is 0 Å². The van der Waals surface area contributed by atoms with Gasteiger partial charge in [-0.15, -0.1) is 0 Å². The molecule has 1 atom stereocenters. The molecule has 0 aliphatic heterocycles. The molecular formula is C11H17ClN2O. The lowest BCUT2D eigenvalue weighted by Gasteiger charge is -2.16. The van der Waals surface area contributed by atoms with Crippen LogP contribution in [0.25, 0.3) is 0 Å². The third kappa shape index (κ3) is 3.09. The van der Waals surface area contributed by atoms with Gasteiger partial charge in [0.25, 0.3) is 0 Å². The second-order valence-corrected chi connectivity index (χ2v) is 4.11. The fourth-order valence-corrected chi connectivity index (χ4v) is 1.78. The summed E-state index contributed by atoms with van der Waals surface area (Å²) in [6, 6.07) is 5.57. The van der Waals surface area contributed by atoms with Crippen molar-refractivity contribution in [1.29, 1.82) is 0 Å². The van der Waals surface area contributed by atoms with Crippen LogP contribution in [0.1, 0.15) is 18.1 Å². The Hall–Kier alpha value is -0.770. The Bertz CT molecular complexity index is 328. The zero-order valence-electron chi connectivity index (χ0n) is 9.07. The minimum absolute atomic E-state index is 0.466. The highest BCUT2D eigenvalue weighted by Gasteiger charge is 2.09. The topological polar surface area (TPSA) is 49.5 Å². The van der Waals surface area contributed by atoms with Gasteiger partial charge in [0.15, 0.2) is 0 Å². The molecule has 84 valence electrons. The molecule has 0 bridgehead atoms. The highest BCUT2D eigenvalue weighted by atomic mass is 35.5. The molecule has 0 aliphatic rings. The average molecular weight is 229 g/mol. The molecule has 1 unspecified atom stereocenters. The fraction of sp³-hybridized carbons (Fsp3) is 0.455. The smallest absolute Gasteiger partial charge is 0.0802 e. The predicted molar refractivity (Wildman–Crippen MR) is 64.4 cm³/mol. The van der Waals surface area contributed by atoms with Crippen LogP contribution in [0.15, 0.2) is 18.2 Å². The van der Waals surface area contributed by atoms with E-state index < -0.39 is 6.10 Å². The first-order valence-electron chi connectivity index (χ1n) is 4.91. The van der Waals surface area contributed by atoms with Crippen molar-refractivity contribution in [2.45, 2.75) is 12.5 Å². The van der Waals surface area contributed by atoms with Crippen LogP contribution >= 0.6 is 11.6 Å². The molecule has 0 spiro atoms. The largest absolute Gasteiger partial charge is 0.388 e. The number of hydrogen-bond acceptors (Lipinski definition) is 3. The highest BCUT2D eigenvalue weighted by Crippen LogP contribution is 2.28. The van der Waals surface area contributed by atoms with Gasteiger partial charge in [-0.05, 0) is 30.7 Å². The van der Waals surface area contributed by atoms with Crippen LogP contribution in [0.4, 0.5) is 5.69 Å². The second kappa shape index (κ2) is 5.35.